The first-order valence-corrected chi connectivity index (χ1v) is 9.66. The van der Waals surface area contributed by atoms with E-state index in [0.29, 0.717) is 18.8 Å². The first-order valence-electron chi connectivity index (χ1n) is 8.86. The second-order valence-corrected chi connectivity index (χ2v) is 7.45. The van der Waals surface area contributed by atoms with Gasteiger partial charge in [-0.3, -0.25) is 14.5 Å². The van der Waals surface area contributed by atoms with Gasteiger partial charge in [-0.25, -0.2) is 0 Å². The van der Waals surface area contributed by atoms with Gasteiger partial charge in [-0.15, -0.1) is 0 Å². The molecule has 2 aromatic rings. The average Bonchev–Trinajstić information content (AvgIpc) is 3.12. The lowest BCUT2D eigenvalue weighted by atomic mass is 10.2. The average molecular weight is 428 g/mol. The summed E-state index contributed by atoms with van der Waals surface area (Å²) in [5.74, 6) is -0.328. The van der Waals surface area contributed by atoms with E-state index in [4.69, 9.17) is 5.73 Å². The van der Waals surface area contributed by atoms with Crippen molar-refractivity contribution in [2.75, 3.05) is 24.5 Å². The van der Waals surface area contributed by atoms with Crippen molar-refractivity contribution >= 4 is 39.5 Å². The Kier molecular flexibility index (Phi) is 6.42. The Labute approximate surface area is 167 Å². The number of amides is 2. The fourth-order valence-corrected chi connectivity index (χ4v) is 3.25. The van der Waals surface area contributed by atoms with Gasteiger partial charge in [-0.1, -0.05) is 46.3 Å². The number of nitrogens with zero attached hydrogens (tertiary/aromatic N) is 2. The molecule has 0 spiro atoms. The quantitative estimate of drug-likeness (QED) is 0.745. The molecule has 2 amide bonds. The molecule has 5 nitrogen and oxygen atoms in total. The lowest BCUT2D eigenvalue weighted by Gasteiger charge is -2.24. The van der Waals surface area contributed by atoms with E-state index >= 15 is 0 Å². The predicted molar refractivity (Wildman–Crippen MR) is 111 cm³/mol. The Morgan fingerprint density at radius 1 is 1.15 bits per heavy atom. The molecule has 27 heavy (non-hydrogen) atoms. The summed E-state index contributed by atoms with van der Waals surface area (Å²) >= 11 is 3.40. The molecule has 2 aromatic carbocycles. The molecular weight excluding hydrogens is 406 g/mol. The second-order valence-electron chi connectivity index (χ2n) is 6.53. The molecule has 0 unspecified atom stereocenters. The van der Waals surface area contributed by atoms with Crippen molar-refractivity contribution in [2.45, 2.75) is 12.5 Å². The van der Waals surface area contributed by atoms with Gasteiger partial charge in [-0.05, 0) is 42.3 Å². The minimum atomic E-state index is -0.238. The fourth-order valence-electron chi connectivity index (χ4n) is 2.99. The molecule has 0 aromatic heterocycles. The molecule has 1 fully saturated rings. The predicted octanol–water partition coefficient (Wildman–Crippen LogP) is 3.06. The summed E-state index contributed by atoms with van der Waals surface area (Å²) in [6.45, 7) is 1.18. The number of rotatable bonds is 5. The smallest absolute Gasteiger partial charge is 0.251 e. The number of anilines is 1. The summed E-state index contributed by atoms with van der Waals surface area (Å²) in [5, 5.41) is 0. The second kappa shape index (κ2) is 8.97. The molecule has 1 heterocycles. The first-order chi connectivity index (χ1) is 13.0. The van der Waals surface area contributed by atoms with Crippen molar-refractivity contribution in [1.29, 1.82) is 0 Å². The molecule has 0 bridgehead atoms. The number of halogens is 1. The zero-order chi connectivity index (χ0) is 19.2. The SMILES string of the molecule is N[C@H]1CCN(C(=O)CN(C(=O)C=Cc2ccccc2)c2ccc(Br)cc2)C1. The van der Waals surface area contributed by atoms with E-state index in [9.17, 15) is 9.59 Å². The first kappa shape index (κ1) is 19.3. The minimum Gasteiger partial charge on any atom is -0.340 e. The minimum absolute atomic E-state index is 0.00762. The van der Waals surface area contributed by atoms with Crippen LogP contribution in [0.4, 0.5) is 5.69 Å². The molecule has 0 saturated carbocycles. The third-order valence-corrected chi connectivity index (χ3v) is 5.02. The molecule has 1 aliphatic rings. The van der Waals surface area contributed by atoms with Gasteiger partial charge in [0.05, 0.1) is 0 Å². The lowest BCUT2D eigenvalue weighted by molar-refractivity contribution is -0.130. The zero-order valence-electron chi connectivity index (χ0n) is 14.9. The molecule has 0 aliphatic carbocycles. The van der Waals surface area contributed by atoms with E-state index in [2.05, 4.69) is 15.9 Å². The summed E-state index contributed by atoms with van der Waals surface area (Å²) in [7, 11) is 0. The van der Waals surface area contributed by atoms with Crippen molar-refractivity contribution in [1.82, 2.24) is 4.90 Å². The van der Waals surface area contributed by atoms with Crippen LogP contribution in [0.1, 0.15) is 12.0 Å². The number of carbonyl (C=O) groups excluding carboxylic acids is 2. The van der Waals surface area contributed by atoms with Gasteiger partial charge in [0.15, 0.2) is 0 Å². The van der Waals surface area contributed by atoms with Crippen LogP contribution in [0.3, 0.4) is 0 Å². The van der Waals surface area contributed by atoms with Crippen LogP contribution in [0.25, 0.3) is 6.08 Å². The van der Waals surface area contributed by atoms with E-state index in [0.717, 1.165) is 16.5 Å². The Morgan fingerprint density at radius 2 is 1.85 bits per heavy atom. The van der Waals surface area contributed by atoms with Crippen LogP contribution in [-0.4, -0.2) is 42.4 Å². The number of nitrogens with two attached hydrogens (primary N) is 1. The van der Waals surface area contributed by atoms with Crippen molar-refractivity contribution in [3.8, 4) is 0 Å². The van der Waals surface area contributed by atoms with Gasteiger partial charge >= 0.3 is 0 Å². The fraction of sp³-hybridized carbons (Fsp3) is 0.238. The van der Waals surface area contributed by atoms with Crippen LogP contribution in [0.5, 0.6) is 0 Å². The summed E-state index contributed by atoms with van der Waals surface area (Å²) in [5.41, 5.74) is 7.51. The van der Waals surface area contributed by atoms with E-state index in [1.807, 2.05) is 54.6 Å². The van der Waals surface area contributed by atoms with Crippen LogP contribution in [0.2, 0.25) is 0 Å². The molecule has 2 N–H and O–H groups in total. The standard InChI is InChI=1S/C21H22BrN3O2/c22-17-7-9-19(10-8-17)25(15-21(27)24-13-12-18(23)14-24)20(26)11-6-16-4-2-1-3-5-16/h1-11,18H,12-15,23H2/t18-/m0/s1. The normalized spacial score (nSPS) is 16.7. The third-order valence-electron chi connectivity index (χ3n) is 4.49. The summed E-state index contributed by atoms with van der Waals surface area (Å²) in [4.78, 5) is 28.7. The summed E-state index contributed by atoms with van der Waals surface area (Å²) in [6.07, 6.45) is 4.05. The maximum atomic E-state index is 12.8. The van der Waals surface area contributed by atoms with Crippen molar-refractivity contribution in [3.05, 3.63) is 70.7 Å². The van der Waals surface area contributed by atoms with Crippen molar-refractivity contribution < 1.29 is 9.59 Å². The van der Waals surface area contributed by atoms with Crippen LogP contribution in [0, 0.1) is 0 Å². The van der Waals surface area contributed by atoms with Gasteiger partial charge in [0.1, 0.15) is 6.54 Å². The molecule has 1 saturated heterocycles. The Hall–Kier alpha value is -2.44. The molecule has 3 rings (SSSR count). The number of benzene rings is 2. The highest BCUT2D eigenvalue weighted by molar-refractivity contribution is 9.10. The molecule has 1 aliphatic heterocycles. The topological polar surface area (TPSA) is 66.6 Å². The van der Waals surface area contributed by atoms with E-state index in [1.165, 1.54) is 11.0 Å². The Morgan fingerprint density at radius 3 is 2.48 bits per heavy atom. The van der Waals surface area contributed by atoms with Crippen LogP contribution >= 0.6 is 15.9 Å². The zero-order valence-corrected chi connectivity index (χ0v) is 16.5. The molecule has 140 valence electrons. The molecule has 0 radical (unpaired) electrons. The number of carbonyl (C=O) groups is 2. The highest BCUT2D eigenvalue weighted by Gasteiger charge is 2.26. The monoisotopic (exact) mass is 427 g/mol. The summed E-state index contributed by atoms with van der Waals surface area (Å²) < 4.78 is 0.912. The van der Waals surface area contributed by atoms with E-state index < -0.39 is 0 Å². The van der Waals surface area contributed by atoms with Crippen LogP contribution in [-0.2, 0) is 9.59 Å². The van der Waals surface area contributed by atoms with Crippen molar-refractivity contribution in [3.63, 3.8) is 0 Å². The van der Waals surface area contributed by atoms with Crippen molar-refractivity contribution in [2.24, 2.45) is 5.73 Å². The van der Waals surface area contributed by atoms with Gasteiger partial charge in [0.25, 0.3) is 5.91 Å². The van der Waals surface area contributed by atoms with Gasteiger partial charge < -0.3 is 10.6 Å². The maximum absolute atomic E-state index is 12.8. The molecule has 1 atom stereocenters. The van der Waals surface area contributed by atoms with Gasteiger partial charge in [0.2, 0.25) is 5.91 Å². The van der Waals surface area contributed by atoms with Crippen LogP contribution in [0.15, 0.2) is 65.1 Å². The molecule has 6 heteroatoms. The van der Waals surface area contributed by atoms with Crippen LogP contribution < -0.4 is 10.6 Å². The van der Waals surface area contributed by atoms with Gasteiger partial charge in [-0.2, -0.15) is 0 Å². The number of hydrogen-bond donors (Lipinski definition) is 1. The number of hydrogen-bond acceptors (Lipinski definition) is 3. The highest BCUT2D eigenvalue weighted by atomic mass is 79.9. The number of likely N-dealkylation sites (tertiary alicyclic amines) is 1. The van der Waals surface area contributed by atoms with Gasteiger partial charge in [0, 0.05) is 35.4 Å². The lowest BCUT2D eigenvalue weighted by Crippen LogP contribution is -2.42. The largest absolute Gasteiger partial charge is 0.340 e. The highest BCUT2D eigenvalue weighted by Crippen LogP contribution is 2.20. The van der Waals surface area contributed by atoms with E-state index in [-0.39, 0.29) is 24.4 Å². The maximum Gasteiger partial charge on any atom is 0.251 e. The molecular formula is C21H22BrN3O2. The Balaban J connectivity index is 1.78. The Bertz CT molecular complexity index is 821. The third kappa shape index (κ3) is 5.28. The van der Waals surface area contributed by atoms with E-state index in [1.54, 1.807) is 11.0 Å². The summed E-state index contributed by atoms with van der Waals surface area (Å²) in [6, 6.07) is 17.0.